The highest BCUT2D eigenvalue weighted by Gasteiger charge is 2.18. The van der Waals surface area contributed by atoms with Gasteiger partial charge < -0.3 is 5.32 Å². The number of thiazole rings is 1. The van der Waals surface area contributed by atoms with Crippen molar-refractivity contribution < 1.29 is 13.2 Å². The van der Waals surface area contributed by atoms with Gasteiger partial charge in [-0.3, -0.25) is 4.79 Å². The van der Waals surface area contributed by atoms with Crippen molar-refractivity contribution >= 4 is 43.3 Å². The predicted molar refractivity (Wildman–Crippen MR) is 123 cm³/mol. The molecule has 158 valence electrons. The van der Waals surface area contributed by atoms with Gasteiger partial charge in [-0.1, -0.05) is 23.5 Å². The number of nitrogens with zero attached hydrogens (tertiary/aromatic N) is 3. The Hall–Kier alpha value is -3.14. The molecular weight excluding hydrogens is 432 g/mol. The van der Waals surface area contributed by atoms with Crippen LogP contribution in [0.25, 0.3) is 20.9 Å². The zero-order valence-electron chi connectivity index (χ0n) is 17.2. The second-order valence-electron chi connectivity index (χ2n) is 7.14. The van der Waals surface area contributed by atoms with Gasteiger partial charge in [0.05, 0.1) is 4.90 Å². The van der Waals surface area contributed by atoms with E-state index in [0.717, 1.165) is 30.8 Å². The third-order valence-corrected chi connectivity index (χ3v) is 7.65. The minimum atomic E-state index is -3.54. The van der Waals surface area contributed by atoms with Gasteiger partial charge in [0, 0.05) is 37.1 Å². The number of nitrogens with one attached hydrogen (secondary N) is 1. The maximum Gasteiger partial charge on any atom is 0.255 e. The number of pyridine rings is 1. The van der Waals surface area contributed by atoms with Crippen LogP contribution < -0.4 is 5.32 Å². The van der Waals surface area contributed by atoms with Crippen LogP contribution in [0.4, 0.5) is 5.69 Å². The summed E-state index contributed by atoms with van der Waals surface area (Å²) in [5, 5.41) is 3.74. The fourth-order valence-corrected chi connectivity index (χ4v) is 4.77. The molecule has 2 aromatic carbocycles. The molecule has 0 spiro atoms. The molecule has 0 aliphatic heterocycles. The van der Waals surface area contributed by atoms with Crippen molar-refractivity contribution in [2.45, 2.75) is 11.8 Å². The second-order valence-corrected chi connectivity index (χ2v) is 10.3. The van der Waals surface area contributed by atoms with Crippen molar-refractivity contribution in [2.75, 3.05) is 19.4 Å². The Kier molecular flexibility index (Phi) is 5.57. The van der Waals surface area contributed by atoms with E-state index in [1.165, 1.54) is 49.7 Å². The normalized spacial score (nSPS) is 11.7. The van der Waals surface area contributed by atoms with E-state index in [4.69, 9.17) is 0 Å². The Morgan fingerprint density at radius 1 is 1.06 bits per heavy atom. The molecule has 0 radical (unpaired) electrons. The maximum atomic E-state index is 12.8. The molecule has 0 fully saturated rings. The van der Waals surface area contributed by atoms with E-state index in [1.807, 2.05) is 37.3 Å². The molecule has 0 aliphatic carbocycles. The Bertz CT molecular complexity index is 1340. The summed E-state index contributed by atoms with van der Waals surface area (Å²) in [7, 11) is -0.611. The summed E-state index contributed by atoms with van der Waals surface area (Å²) in [6.45, 7) is 1.91. The van der Waals surface area contributed by atoms with Crippen LogP contribution in [0.5, 0.6) is 0 Å². The lowest BCUT2D eigenvalue weighted by molar-refractivity contribution is 0.102. The number of anilines is 1. The molecule has 31 heavy (non-hydrogen) atoms. The largest absolute Gasteiger partial charge is 0.322 e. The third-order valence-electron chi connectivity index (χ3n) is 4.79. The zero-order chi connectivity index (χ0) is 22.2. The molecule has 1 N–H and O–H groups in total. The number of hydrogen-bond acceptors (Lipinski definition) is 6. The van der Waals surface area contributed by atoms with Crippen molar-refractivity contribution in [1.29, 1.82) is 0 Å². The summed E-state index contributed by atoms with van der Waals surface area (Å²) in [5.41, 5.74) is 3.66. The van der Waals surface area contributed by atoms with Crippen LogP contribution >= 0.6 is 11.3 Å². The smallest absolute Gasteiger partial charge is 0.255 e. The molecule has 4 rings (SSSR count). The van der Waals surface area contributed by atoms with Crippen LogP contribution in [0.15, 0.2) is 65.7 Å². The van der Waals surface area contributed by atoms with Gasteiger partial charge in [-0.25, -0.2) is 22.7 Å². The molecule has 0 aliphatic rings. The molecule has 1 amide bonds. The number of benzene rings is 2. The van der Waals surface area contributed by atoms with Crippen LogP contribution in [0.1, 0.15) is 15.9 Å². The summed E-state index contributed by atoms with van der Waals surface area (Å²) in [5.74, 6) is -0.319. The molecule has 0 saturated heterocycles. The Balaban J connectivity index is 1.59. The van der Waals surface area contributed by atoms with E-state index < -0.39 is 10.0 Å². The van der Waals surface area contributed by atoms with Gasteiger partial charge in [0.25, 0.3) is 5.91 Å². The number of aromatic nitrogens is 2. The lowest BCUT2D eigenvalue weighted by atomic mass is 10.1. The quantitative estimate of drug-likeness (QED) is 0.491. The van der Waals surface area contributed by atoms with Gasteiger partial charge in [0.15, 0.2) is 0 Å². The van der Waals surface area contributed by atoms with Gasteiger partial charge in [-0.2, -0.15) is 0 Å². The number of sulfonamides is 1. The fourth-order valence-electron chi connectivity index (χ4n) is 2.97. The highest BCUT2D eigenvalue weighted by Crippen LogP contribution is 2.31. The van der Waals surface area contributed by atoms with Gasteiger partial charge in [0.1, 0.15) is 15.4 Å². The monoisotopic (exact) mass is 452 g/mol. The Morgan fingerprint density at radius 3 is 2.48 bits per heavy atom. The number of hydrogen-bond donors (Lipinski definition) is 1. The summed E-state index contributed by atoms with van der Waals surface area (Å²) in [6, 6.07) is 15.4. The number of fused-ring (bicyclic) bond motifs is 1. The summed E-state index contributed by atoms with van der Waals surface area (Å²) in [4.78, 5) is 22.7. The molecule has 0 atom stereocenters. The first-order valence-corrected chi connectivity index (χ1v) is 11.7. The first-order chi connectivity index (χ1) is 14.8. The lowest BCUT2D eigenvalue weighted by Crippen LogP contribution is -2.22. The number of carbonyl (C=O) groups excluding carboxylic acids is 1. The molecular formula is C22H20N4O3S2. The molecule has 0 unspecified atom stereocenters. The van der Waals surface area contributed by atoms with E-state index in [1.54, 1.807) is 6.20 Å². The van der Waals surface area contributed by atoms with E-state index in [2.05, 4.69) is 15.3 Å². The summed E-state index contributed by atoms with van der Waals surface area (Å²) < 4.78 is 25.5. The highest BCUT2D eigenvalue weighted by atomic mass is 32.2. The molecule has 0 bridgehead atoms. The lowest BCUT2D eigenvalue weighted by Gasteiger charge is -2.12. The predicted octanol–water partition coefficient (Wildman–Crippen LogP) is 4.17. The van der Waals surface area contributed by atoms with Crippen molar-refractivity contribution in [3.63, 3.8) is 0 Å². The van der Waals surface area contributed by atoms with Crippen LogP contribution in [0.2, 0.25) is 0 Å². The molecule has 7 nitrogen and oxygen atoms in total. The average Bonchev–Trinajstić information content (AvgIpc) is 3.19. The van der Waals surface area contributed by atoms with Gasteiger partial charge in [0.2, 0.25) is 10.0 Å². The minimum Gasteiger partial charge on any atom is -0.322 e. The Labute approximate surface area is 184 Å². The van der Waals surface area contributed by atoms with E-state index in [-0.39, 0.29) is 10.8 Å². The molecule has 0 saturated carbocycles. The standard InChI is InChI=1S/C22H20N4O3S2/c1-14-6-7-16(21-25-18-5-4-12-23-22(18)30-21)13-19(14)24-20(27)15-8-10-17(11-9-15)31(28,29)26(2)3/h4-13H,1-3H3,(H,24,27). The van der Waals surface area contributed by atoms with Crippen LogP contribution in [0.3, 0.4) is 0 Å². The number of carbonyl (C=O) groups is 1. The Morgan fingerprint density at radius 2 is 1.81 bits per heavy atom. The molecule has 4 aromatic rings. The molecule has 2 heterocycles. The van der Waals surface area contributed by atoms with Gasteiger partial charge >= 0.3 is 0 Å². The van der Waals surface area contributed by atoms with Crippen LogP contribution in [-0.2, 0) is 10.0 Å². The fraction of sp³-hybridized carbons (Fsp3) is 0.136. The number of aryl methyl sites for hydroxylation is 1. The molecule has 9 heteroatoms. The van der Waals surface area contributed by atoms with E-state index in [9.17, 15) is 13.2 Å². The first kappa shape index (κ1) is 21.1. The highest BCUT2D eigenvalue weighted by molar-refractivity contribution is 7.89. The van der Waals surface area contributed by atoms with Crippen molar-refractivity contribution in [2.24, 2.45) is 0 Å². The first-order valence-electron chi connectivity index (χ1n) is 9.42. The average molecular weight is 453 g/mol. The minimum absolute atomic E-state index is 0.136. The van der Waals surface area contributed by atoms with Gasteiger partial charge in [-0.15, -0.1) is 0 Å². The van der Waals surface area contributed by atoms with Crippen molar-refractivity contribution in [3.05, 3.63) is 71.9 Å². The van der Waals surface area contributed by atoms with E-state index in [0.29, 0.717) is 11.3 Å². The van der Waals surface area contributed by atoms with Gasteiger partial charge in [-0.05, 0) is 55.0 Å². The van der Waals surface area contributed by atoms with Crippen molar-refractivity contribution in [3.8, 4) is 10.6 Å². The van der Waals surface area contributed by atoms with Crippen LogP contribution in [-0.4, -0.2) is 42.7 Å². The summed E-state index contributed by atoms with van der Waals surface area (Å²) >= 11 is 1.49. The zero-order valence-corrected chi connectivity index (χ0v) is 18.8. The second kappa shape index (κ2) is 8.18. The summed E-state index contributed by atoms with van der Waals surface area (Å²) in [6.07, 6.45) is 1.74. The maximum absolute atomic E-state index is 12.8. The molecule has 2 aromatic heterocycles. The number of amides is 1. The van der Waals surface area contributed by atoms with E-state index >= 15 is 0 Å². The number of rotatable bonds is 5. The van der Waals surface area contributed by atoms with Crippen molar-refractivity contribution in [1.82, 2.24) is 14.3 Å². The SMILES string of the molecule is Cc1ccc(-c2nc3cccnc3s2)cc1NC(=O)c1ccc(S(=O)(=O)N(C)C)cc1. The third kappa shape index (κ3) is 4.20. The topological polar surface area (TPSA) is 92.3 Å². The van der Waals surface area contributed by atoms with Crippen LogP contribution in [0, 0.1) is 6.92 Å².